The Hall–Kier alpha value is -2.56. The molecule has 0 N–H and O–H groups in total. The number of hydrogen-bond acceptors (Lipinski definition) is 3. The fraction of sp³-hybridized carbons (Fsp3) is 0.100. The second kappa shape index (κ2) is 7.77. The molecule has 0 aliphatic heterocycles. The third-order valence-corrected chi connectivity index (χ3v) is 4.70. The van der Waals surface area contributed by atoms with Gasteiger partial charge in [0.1, 0.15) is 0 Å². The molecule has 2 aromatic carbocycles. The summed E-state index contributed by atoms with van der Waals surface area (Å²) >= 11 is 12.0. The second-order valence-corrected chi connectivity index (χ2v) is 6.48. The van der Waals surface area contributed by atoms with Crippen molar-refractivity contribution in [2.45, 2.75) is 6.54 Å². The summed E-state index contributed by atoms with van der Waals surface area (Å²) in [4.78, 5) is 24.2. The summed E-state index contributed by atoms with van der Waals surface area (Å²) in [5, 5.41) is 2.23. The Morgan fingerprint density at radius 1 is 1.12 bits per heavy atom. The SMILES string of the molecule is COC(=O)C=Cc1cn(Cc2ccc(Cl)c(Cl)c2)c(=O)c2ccccc12. The standard InChI is InChI=1S/C20H15Cl2NO3/c1-26-19(24)9-7-14-12-23(11-13-6-8-17(21)18(22)10-13)20(25)16-5-3-2-4-15(14)16/h2-10,12H,11H2,1H3. The highest BCUT2D eigenvalue weighted by Crippen LogP contribution is 2.23. The molecule has 0 fully saturated rings. The molecule has 0 spiro atoms. The largest absolute Gasteiger partial charge is 0.466 e. The van der Waals surface area contributed by atoms with Crippen LogP contribution >= 0.6 is 23.2 Å². The van der Waals surface area contributed by atoms with Gasteiger partial charge in [-0.25, -0.2) is 4.79 Å². The molecular weight excluding hydrogens is 373 g/mol. The zero-order chi connectivity index (χ0) is 18.7. The Kier molecular flexibility index (Phi) is 5.45. The zero-order valence-corrected chi connectivity index (χ0v) is 15.4. The molecule has 6 heteroatoms. The number of fused-ring (bicyclic) bond motifs is 1. The maximum absolute atomic E-state index is 12.8. The Bertz CT molecular complexity index is 1070. The fourth-order valence-electron chi connectivity index (χ4n) is 2.68. The lowest BCUT2D eigenvalue weighted by molar-refractivity contribution is -0.134. The van der Waals surface area contributed by atoms with Crippen LogP contribution in [0.4, 0.5) is 0 Å². The molecule has 4 nitrogen and oxygen atoms in total. The molecule has 0 aliphatic carbocycles. The summed E-state index contributed by atoms with van der Waals surface area (Å²) in [7, 11) is 1.32. The van der Waals surface area contributed by atoms with Crippen LogP contribution in [0.1, 0.15) is 11.1 Å². The monoisotopic (exact) mass is 387 g/mol. The summed E-state index contributed by atoms with van der Waals surface area (Å²) in [5.74, 6) is -0.462. The summed E-state index contributed by atoms with van der Waals surface area (Å²) in [6.07, 6.45) is 4.68. The van der Waals surface area contributed by atoms with Crippen LogP contribution in [0.3, 0.4) is 0 Å². The summed E-state index contributed by atoms with van der Waals surface area (Å²) in [6, 6.07) is 12.5. The number of aromatic nitrogens is 1. The van der Waals surface area contributed by atoms with E-state index in [-0.39, 0.29) is 5.56 Å². The van der Waals surface area contributed by atoms with E-state index in [9.17, 15) is 9.59 Å². The van der Waals surface area contributed by atoms with Crippen LogP contribution in [0, 0.1) is 0 Å². The normalized spacial score (nSPS) is 11.2. The third-order valence-electron chi connectivity index (χ3n) is 3.96. The van der Waals surface area contributed by atoms with Crippen molar-refractivity contribution in [3.05, 3.63) is 86.3 Å². The van der Waals surface area contributed by atoms with Crippen LogP contribution in [-0.4, -0.2) is 17.6 Å². The lowest BCUT2D eigenvalue weighted by Crippen LogP contribution is -2.21. The van der Waals surface area contributed by atoms with E-state index in [1.54, 1.807) is 41.1 Å². The zero-order valence-electron chi connectivity index (χ0n) is 13.9. The molecule has 0 amide bonds. The maximum Gasteiger partial charge on any atom is 0.330 e. The Morgan fingerprint density at radius 2 is 1.85 bits per heavy atom. The highest BCUT2D eigenvalue weighted by Gasteiger charge is 2.09. The van der Waals surface area contributed by atoms with Gasteiger partial charge in [0.05, 0.1) is 23.7 Å². The predicted molar refractivity (Wildman–Crippen MR) is 105 cm³/mol. The summed E-state index contributed by atoms with van der Waals surface area (Å²) in [6.45, 7) is 0.333. The average molecular weight is 388 g/mol. The number of nitrogens with zero attached hydrogens (tertiary/aromatic N) is 1. The topological polar surface area (TPSA) is 48.3 Å². The molecule has 0 saturated carbocycles. The van der Waals surface area contributed by atoms with Crippen LogP contribution in [-0.2, 0) is 16.1 Å². The number of pyridine rings is 1. The molecule has 3 aromatic rings. The van der Waals surface area contributed by atoms with Crippen LogP contribution in [0.15, 0.2) is 59.5 Å². The van der Waals surface area contributed by atoms with Crippen LogP contribution in [0.5, 0.6) is 0 Å². The van der Waals surface area contributed by atoms with Crippen molar-refractivity contribution in [2.24, 2.45) is 0 Å². The first kappa shape index (κ1) is 18.2. The van der Waals surface area contributed by atoms with E-state index < -0.39 is 5.97 Å². The molecule has 132 valence electrons. The van der Waals surface area contributed by atoms with Gasteiger partial charge in [-0.2, -0.15) is 0 Å². The number of hydrogen-bond donors (Lipinski definition) is 0. The molecule has 26 heavy (non-hydrogen) atoms. The van der Waals surface area contributed by atoms with Crippen molar-refractivity contribution in [2.75, 3.05) is 7.11 Å². The minimum absolute atomic E-state index is 0.123. The molecule has 0 atom stereocenters. The molecule has 0 unspecified atom stereocenters. The molecule has 0 saturated heterocycles. The minimum Gasteiger partial charge on any atom is -0.466 e. The molecular formula is C20H15Cl2NO3. The first-order valence-corrected chi connectivity index (χ1v) is 8.57. The third kappa shape index (κ3) is 3.82. The first-order valence-electron chi connectivity index (χ1n) is 7.81. The minimum atomic E-state index is -0.462. The molecule has 1 heterocycles. The van der Waals surface area contributed by atoms with Crippen molar-refractivity contribution in [1.29, 1.82) is 0 Å². The molecule has 3 rings (SSSR count). The fourth-order valence-corrected chi connectivity index (χ4v) is 3.00. The smallest absolute Gasteiger partial charge is 0.330 e. The summed E-state index contributed by atoms with van der Waals surface area (Å²) in [5.41, 5.74) is 1.47. The van der Waals surface area contributed by atoms with Crippen molar-refractivity contribution in [3.8, 4) is 0 Å². The number of carbonyl (C=O) groups is 1. The number of halogens is 2. The maximum atomic E-state index is 12.8. The van der Waals surface area contributed by atoms with E-state index in [2.05, 4.69) is 4.74 Å². The number of esters is 1. The number of ether oxygens (including phenoxy) is 1. The van der Waals surface area contributed by atoms with Gasteiger partial charge in [-0.15, -0.1) is 0 Å². The van der Waals surface area contributed by atoms with Gasteiger partial charge in [0.2, 0.25) is 0 Å². The highest BCUT2D eigenvalue weighted by molar-refractivity contribution is 6.42. The predicted octanol–water partition coefficient (Wildman–Crippen LogP) is 4.54. The number of benzene rings is 2. The van der Waals surface area contributed by atoms with Crippen molar-refractivity contribution in [3.63, 3.8) is 0 Å². The van der Waals surface area contributed by atoms with Gasteiger partial charge in [-0.1, -0.05) is 47.5 Å². The molecule has 0 bridgehead atoms. The number of methoxy groups -OCH3 is 1. The van der Waals surface area contributed by atoms with Gasteiger partial charge in [-0.05, 0) is 40.8 Å². The molecule has 0 radical (unpaired) electrons. The van der Waals surface area contributed by atoms with Gasteiger partial charge >= 0.3 is 5.97 Å². The van der Waals surface area contributed by atoms with Crippen molar-refractivity contribution in [1.82, 2.24) is 4.57 Å². The van der Waals surface area contributed by atoms with E-state index in [4.69, 9.17) is 23.2 Å². The van der Waals surface area contributed by atoms with Crippen molar-refractivity contribution >= 4 is 46.0 Å². The number of carbonyl (C=O) groups excluding carboxylic acids is 1. The van der Waals surface area contributed by atoms with Gasteiger partial charge in [0, 0.05) is 17.7 Å². The van der Waals surface area contributed by atoms with Crippen LogP contribution in [0.2, 0.25) is 10.0 Å². The van der Waals surface area contributed by atoms with Crippen LogP contribution < -0.4 is 5.56 Å². The van der Waals surface area contributed by atoms with E-state index in [0.29, 0.717) is 22.0 Å². The Labute approximate surface area is 160 Å². The Balaban J connectivity index is 2.11. The van der Waals surface area contributed by atoms with Gasteiger partial charge in [0.25, 0.3) is 5.56 Å². The first-order chi connectivity index (χ1) is 12.5. The van der Waals surface area contributed by atoms with E-state index in [1.165, 1.54) is 13.2 Å². The van der Waals surface area contributed by atoms with E-state index in [0.717, 1.165) is 16.5 Å². The molecule has 0 aliphatic rings. The van der Waals surface area contributed by atoms with Gasteiger partial charge in [-0.3, -0.25) is 4.79 Å². The highest BCUT2D eigenvalue weighted by atomic mass is 35.5. The summed E-state index contributed by atoms with van der Waals surface area (Å²) < 4.78 is 6.22. The van der Waals surface area contributed by atoms with Crippen molar-refractivity contribution < 1.29 is 9.53 Å². The van der Waals surface area contributed by atoms with E-state index in [1.807, 2.05) is 18.2 Å². The van der Waals surface area contributed by atoms with Gasteiger partial charge in [0.15, 0.2) is 0 Å². The second-order valence-electron chi connectivity index (χ2n) is 5.67. The van der Waals surface area contributed by atoms with E-state index >= 15 is 0 Å². The lowest BCUT2D eigenvalue weighted by atomic mass is 10.1. The molecule has 1 aromatic heterocycles. The Morgan fingerprint density at radius 3 is 2.54 bits per heavy atom. The van der Waals surface area contributed by atoms with Gasteiger partial charge < -0.3 is 9.30 Å². The number of rotatable bonds is 4. The lowest BCUT2D eigenvalue weighted by Gasteiger charge is -2.11. The van der Waals surface area contributed by atoms with Crippen LogP contribution in [0.25, 0.3) is 16.8 Å². The average Bonchev–Trinajstić information content (AvgIpc) is 2.65. The quantitative estimate of drug-likeness (QED) is 0.487.